The summed E-state index contributed by atoms with van der Waals surface area (Å²) in [5, 5.41) is 12.6. The van der Waals surface area contributed by atoms with Crippen LogP contribution in [-0.4, -0.2) is 47.4 Å². The van der Waals surface area contributed by atoms with Gasteiger partial charge in [-0.3, -0.25) is 0 Å². The molecule has 2 N–H and O–H groups in total. The number of hydrogen-bond donors (Lipinski definition) is 2. The summed E-state index contributed by atoms with van der Waals surface area (Å²) in [6.45, 7) is 5.72. The minimum atomic E-state index is -0.867. The van der Waals surface area contributed by atoms with Crippen LogP contribution in [0.15, 0.2) is 30.3 Å². The Hall–Kier alpha value is -1.59. The molecule has 2 rings (SSSR count). The highest BCUT2D eigenvalue weighted by Gasteiger charge is 2.32. The normalized spacial score (nSPS) is 22.5. The maximum absolute atomic E-state index is 11.1. The minimum absolute atomic E-state index is 0.0878. The Labute approximate surface area is 125 Å². The lowest BCUT2D eigenvalue weighted by Crippen LogP contribution is -2.55. The van der Waals surface area contributed by atoms with Crippen LogP contribution in [0.4, 0.5) is 4.79 Å². The molecule has 1 aliphatic rings. The zero-order valence-electron chi connectivity index (χ0n) is 12.7. The van der Waals surface area contributed by atoms with Gasteiger partial charge in [-0.2, -0.15) is 0 Å². The number of nitrogens with zero attached hydrogens (tertiary/aromatic N) is 1. The van der Waals surface area contributed by atoms with Crippen molar-refractivity contribution in [3.8, 4) is 0 Å². The number of carbonyl (C=O) groups is 1. The Morgan fingerprint density at radius 1 is 1.43 bits per heavy atom. The molecule has 0 saturated carbocycles. The summed E-state index contributed by atoms with van der Waals surface area (Å²) in [5.41, 5.74) is 1.22. The molecule has 1 heterocycles. The number of rotatable bonds is 5. The summed E-state index contributed by atoms with van der Waals surface area (Å²) < 4.78 is 5.91. The number of benzene rings is 1. The molecule has 21 heavy (non-hydrogen) atoms. The number of hydrogen-bond acceptors (Lipinski definition) is 3. The van der Waals surface area contributed by atoms with E-state index in [2.05, 4.69) is 17.4 Å². The quantitative estimate of drug-likeness (QED) is 0.874. The molecule has 0 spiro atoms. The van der Waals surface area contributed by atoms with Crippen molar-refractivity contribution >= 4 is 6.09 Å². The lowest BCUT2D eigenvalue weighted by Gasteiger charge is -2.38. The van der Waals surface area contributed by atoms with Gasteiger partial charge in [0.05, 0.1) is 18.8 Å². The molecule has 1 saturated heterocycles. The number of piperidine rings is 1. The second-order valence-corrected chi connectivity index (χ2v) is 5.71. The first-order valence-corrected chi connectivity index (χ1v) is 7.47. The number of amides is 1. The standard InChI is InChI=1S/C16H24N2O3/c1-12(2)21-15-11-18(16(19)20)9-8-14(15)17-10-13-6-4-3-5-7-13/h3-7,12,14-15,17H,8-11H2,1-2H3,(H,19,20)/t14-,15+/m0/s1. The average Bonchev–Trinajstić information content (AvgIpc) is 2.46. The molecular weight excluding hydrogens is 268 g/mol. The molecule has 0 aliphatic carbocycles. The lowest BCUT2D eigenvalue weighted by molar-refractivity contribution is -0.0476. The molecule has 1 aromatic rings. The zero-order chi connectivity index (χ0) is 15.2. The van der Waals surface area contributed by atoms with Crippen LogP contribution in [0.1, 0.15) is 25.8 Å². The predicted molar refractivity (Wildman–Crippen MR) is 81.3 cm³/mol. The predicted octanol–water partition coefficient (Wildman–Crippen LogP) is 2.32. The highest BCUT2D eigenvalue weighted by Crippen LogP contribution is 2.17. The van der Waals surface area contributed by atoms with E-state index in [1.165, 1.54) is 10.5 Å². The summed E-state index contributed by atoms with van der Waals surface area (Å²) in [6.07, 6.45) is -0.103. The maximum atomic E-state index is 11.1. The van der Waals surface area contributed by atoms with Gasteiger partial charge in [0.15, 0.2) is 0 Å². The minimum Gasteiger partial charge on any atom is -0.465 e. The monoisotopic (exact) mass is 292 g/mol. The van der Waals surface area contributed by atoms with Crippen molar-refractivity contribution in [2.75, 3.05) is 13.1 Å². The Morgan fingerprint density at radius 3 is 2.76 bits per heavy atom. The number of nitrogens with one attached hydrogen (secondary N) is 1. The first kappa shape index (κ1) is 15.8. The molecule has 5 heteroatoms. The van der Waals surface area contributed by atoms with Crippen LogP contribution in [0.3, 0.4) is 0 Å². The van der Waals surface area contributed by atoms with E-state index >= 15 is 0 Å². The largest absolute Gasteiger partial charge is 0.465 e. The SMILES string of the molecule is CC(C)O[C@@H]1CN(C(=O)O)CC[C@@H]1NCc1ccccc1. The molecular formula is C16H24N2O3. The highest BCUT2D eigenvalue weighted by molar-refractivity contribution is 5.65. The molecule has 0 aromatic heterocycles. The van der Waals surface area contributed by atoms with Gasteiger partial charge in [0.2, 0.25) is 0 Å². The molecule has 0 radical (unpaired) electrons. The van der Waals surface area contributed by atoms with E-state index in [0.717, 1.165) is 13.0 Å². The molecule has 2 atom stereocenters. The number of carboxylic acid groups (broad SMARTS) is 1. The van der Waals surface area contributed by atoms with E-state index in [1.54, 1.807) is 0 Å². The van der Waals surface area contributed by atoms with E-state index in [9.17, 15) is 4.79 Å². The number of ether oxygens (including phenoxy) is 1. The van der Waals surface area contributed by atoms with E-state index in [-0.39, 0.29) is 18.2 Å². The molecule has 1 amide bonds. The number of likely N-dealkylation sites (tertiary alicyclic amines) is 1. The second-order valence-electron chi connectivity index (χ2n) is 5.71. The van der Waals surface area contributed by atoms with Gasteiger partial charge in [-0.25, -0.2) is 4.79 Å². The van der Waals surface area contributed by atoms with Crippen molar-refractivity contribution in [3.63, 3.8) is 0 Å². The fraction of sp³-hybridized carbons (Fsp3) is 0.562. The smallest absolute Gasteiger partial charge is 0.407 e. The first-order valence-electron chi connectivity index (χ1n) is 7.47. The zero-order valence-corrected chi connectivity index (χ0v) is 12.7. The van der Waals surface area contributed by atoms with Crippen LogP contribution in [0, 0.1) is 0 Å². The molecule has 0 bridgehead atoms. The van der Waals surface area contributed by atoms with E-state index in [1.807, 2.05) is 32.0 Å². The fourth-order valence-electron chi connectivity index (χ4n) is 2.66. The van der Waals surface area contributed by atoms with Crippen LogP contribution < -0.4 is 5.32 Å². The highest BCUT2D eigenvalue weighted by atomic mass is 16.5. The molecule has 1 fully saturated rings. The third-order valence-electron chi connectivity index (χ3n) is 3.69. The average molecular weight is 292 g/mol. The molecule has 0 unspecified atom stereocenters. The van der Waals surface area contributed by atoms with E-state index < -0.39 is 6.09 Å². The first-order chi connectivity index (χ1) is 10.1. The van der Waals surface area contributed by atoms with Crippen molar-refractivity contribution in [2.24, 2.45) is 0 Å². The third kappa shape index (κ3) is 4.72. The van der Waals surface area contributed by atoms with Gasteiger partial charge < -0.3 is 20.1 Å². The Balaban J connectivity index is 1.94. The van der Waals surface area contributed by atoms with Crippen molar-refractivity contribution < 1.29 is 14.6 Å². The molecule has 1 aliphatic heterocycles. The van der Waals surface area contributed by atoms with Crippen molar-refractivity contribution in [2.45, 2.75) is 45.1 Å². The van der Waals surface area contributed by atoms with Gasteiger partial charge in [0.25, 0.3) is 0 Å². The van der Waals surface area contributed by atoms with E-state index in [0.29, 0.717) is 13.1 Å². The van der Waals surface area contributed by atoms with Gasteiger partial charge in [-0.15, -0.1) is 0 Å². The molecule has 1 aromatic carbocycles. The third-order valence-corrected chi connectivity index (χ3v) is 3.69. The van der Waals surface area contributed by atoms with Crippen molar-refractivity contribution in [1.29, 1.82) is 0 Å². The van der Waals surface area contributed by atoms with Crippen LogP contribution in [0.25, 0.3) is 0 Å². The topological polar surface area (TPSA) is 61.8 Å². The van der Waals surface area contributed by atoms with Crippen molar-refractivity contribution in [3.05, 3.63) is 35.9 Å². The van der Waals surface area contributed by atoms with Crippen LogP contribution in [0.2, 0.25) is 0 Å². The summed E-state index contributed by atoms with van der Waals surface area (Å²) in [6, 6.07) is 10.4. The Morgan fingerprint density at radius 2 is 2.14 bits per heavy atom. The summed E-state index contributed by atoms with van der Waals surface area (Å²) in [4.78, 5) is 12.6. The summed E-state index contributed by atoms with van der Waals surface area (Å²) >= 11 is 0. The Bertz CT molecular complexity index is 450. The van der Waals surface area contributed by atoms with Crippen LogP contribution >= 0.6 is 0 Å². The van der Waals surface area contributed by atoms with Crippen LogP contribution in [0.5, 0.6) is 0 Å². The van der Waals surface area contributed by atoms with E-state index in [4.69, 9.17) is 9.84 Å². The summed E-state index contributed by atoms with van der Waals surface area (Å²) in [7, 11) is 0. The van der Waals surface area contributed by atoms with Gasteiger partial charge >= 0.3 is 6.09 Å². The summed E-state index contributed by atoms with van der Waals surface area (Å²) in [5.74, 6) is 0. The van der Waals surface area contributed by atoms with Crippen molar-refractivity contribution in [1.82, 2.24) is 10.2 Å². The lowest BCUT2D eigenvalue weighted by atomic mass is 10.0. The maximum Gasteiger partial charge on any atom is 0.407 e. The van der Waals surface area contributed by atoms with Gasteiger partial charge in [-0.1, -0.05) is 30.3 Å². The molecule has 116 valence electrons. The van der Waals surface area contributed by atoms with Gasteiger partial charge in [0, 0.05) is 19.1 Å². The molecule has 5 nitrogen and oxygen atoms in total. The Kier molecular flexibility index (Phi) is 5.59. The van der Waals surface area contributed by atoms with Gasteiger partial charge in [0.1, 0.15) is 0 Å². The fourth-order valence-corrected chi connectivity index (χ4v) is 2.66. The van der Waals surface area contributed by atoms with Gasteiger partial charge in [-0.05, 0) is 25.8 Å². The van der Waals surface area contributed by atoms with Crippen LogP contribution in [-0.2, 0) is 11.3 Å². The second kappa shape index (κ2) is 7.43.